The van der Waals surface area contributed by atoms with Gasteiger partial charge in [-0.1, -0.05) is 24.3 Å². The third kappa shape index (κ3) is 1.90. The number of pyridine rings is 1. The molecule has 0 radical (unpaired) electrons. The third-order valence-corrected chi connectivity index (χ3v) is 3.98. The average Bonchev–Trinajstić information content (AvgIpc) is 2.90. The van der Waals surface area contributed by atoms with E-state index in [1.165, 1.54) is 15.6 Å². The van der Waals surface area contributed by atoms with Gasteiger partial charge in [0.2, 0.25) is 0 Å². The SMILES string of the molecule is NNC(c1cccnc1)c1cccc2ccsc12. The van der Waals surface area contributed by atoms with Crippen LogP contribution in [0.1, 0.15) is 17.2 Å². The number of nitrogens with zero attached hydrogens (tertiary/aromatic N) is 1. The van der Waals surface area contributed by atoms with Crippen molar-refractivity contribution in [1.29, 1.82) is 0 Å². The van der Waals surface area contributed by atoms with Crippen molar-refractivity contribution in [3.63, 3.8) is 0 Å². The monoisotopic (exact) mass is 255 g/mol. The molecule has 2 aromatic heterocycles. The summed E-state index contributed by atoms with van der Waals surface area (Å²) in [6, 6.07) is 12.3. The van der Waals surface area contributed by atoms with Crippen LogP contribution in [0.4, 0.5) is 0 Å². The molecule has 3 nitrogen and oxygen atoms in total. The highest BCUT2D eigenvalue weighted by Crippen LogP contribution is 2.31. The molecule has 3 rings (SSSR count). The number of hydrazine groups is 1. The molecule has 0 bridgehead atoms. The standard InChI is InChI=1S/C14H13N3S/c15-17-13(11-4-2-7-16-9-11)12-5-1-3-10-6-8-18-14(10)12/h1-9,13,17H,15H2. The van der Waals surface area contributed by atoms with Crippen LogP contribution in [0.15, 0.2) is 54.2 Å². The predicted molar refractivity (Wildman–Crippen MR) is 75.2 cm³/mol. The molecule has 1 atom stereocenters. The maximum atomic E-state index is 5.72. The second-order valence-electron chi connectivity index (χ2n) is 4.07. The molecule has 3 aromatic rings. The van der Waals surface area contributed by atoms with Gasteiger partial charge in [-0.2, -0.15) is 0 Å². The fourth-order valence-electron chi connectivity index (χ4n) is 2.16. The molecule has 0 aliphatic rings. The molecule has 90 valence electrons. The topological polar surface area (TPSA) is 50.9 Å². The van der Waals surface area contributed by atoms with E-state index in [-0.39, 0.29) is 6.04 Å². The van der Waals surface area contributed by atoms with E-state index in [0.717, 1.165) is 5.56 Å². The van der Waals surface area contributed by atoms with Crippen LogP contribution in [0.25, 0.3) is 10.1 Å². The molecule has 0 amide bonds. The Hall–Kier alpha value is -1.75. The number of hydrogen-bond donors (Lipinski definition) is 2. The molecule has 1 aromatic carbocycles. The van der Waals surface area contributed by atoms with Gasteiger partial charge in [0, 0.05) is 17.1 Å². The van der Waals surface area contributed by atoms with Gasteiger partial charge in [0.05, 0.1) is 6.04 Å². The first-order valence-corrected chi connectivity index (χ1v) is 6.60. The quantitative estimate of drug-likeness (QED) is 0.559. The zero-order chi connectivity index (χ0) is 12.4. The Bertz CT molecular complexity index is 648. The van der Waals surface area contributed by atoms with Gasteiger partial charge in [0.1, 0.15) is 0 Å². The van der Waals surface area contributed by atoms with E-state index in [1.807, 2.05) is 18.3 Å². The number of hydrogen-bond acceptors (Lipinski definition) is 4. The van der Waals surface area contributed by atoms with E-state index in [1.54, 1.807) is 17.5 Å². The van der Waals surface area contributed by atoms with Gasteiger partial charge < -0.3 is 0 Å². The Morgan fingerprint density at radius 3 is 2.89 bits per heavy atom. The van der Waals surface area contributed by atoms with Crippen molar-refractivity contribution in [2.45, 2.75) is 6.04 Å². The first-order valence-electron chi connectivity index (χ1n) is 5.72. The van der Waals surface area contributed by atoms with E-state index >= 15 is 0 Å². The van der Waals surface area contributed by atoms with Gasteiger partial charge in [-0.25, -0.2) is 5.43 Å². The van der Waals surface area contributed by atoms with Crippen LogP contribution >= 0.6 is 11.3 Å². The molecule has 1 unspecified atom stereocenters. The maximum Gasteiger partial charge on any atom is 0.0738 e. The number of nitrogens with one attached hydrogen (secondary N) is 1. The Kier molecular flexibility index (Phi) is 3.06. The molecule has 4 heteroatoms. The summed E-state index contributed by atoms with van der Waals surface area (Å²) in [5.41, 5.74) is 5.15. The predicted octanol–water partition coefficient (Wildman–Crippen LogP) is 2.85. The second kappa shape index (κ2) is 4.86. The van der Waals surface area contributed by atoms with Crippen LogP contribution in [0, 0.1) is 0 Å². The Balaban J connectivity index is 2.15. The normalized spacial score (nSPS) is 12.7. The number of thiophene rings is 1. The van der Waals surface area contributed by atoms with E-state index in [4.69, 9.17) is 5.84 Å². The fraction of sp³-hybridized carbons (Fsp3) is 0.0714. The summed E-state index contributed by atoms with van der Waals surface area (Å²) in [6.07, 6.45) is 3.61. The number of fused-ring (bicyclic) bond motifs is 1. The maximum absolute atomic E-state index is 5.72. The van der Waals surface area contributed by atoms with Gasteiger partial charge in [0.25, 0.3) is 0 Å². The molecular weight excluding hydrogens is 242 g/mol. The Morgan fingerprint density at radius 1 is 1.17 bits per heavy atom. The number of nitrogens with two attached hydrogens (primary N) is 1. The van der Waals surface area contributed by atoms with Crippen molar-refractivity contribution in [3.05, 3.63) is 65.3 Å². The van der Waals surface area contributed by atoms with Gasteiger partial charge >= 0.3 is 0 Å². The zero-order valence-corrected chi connectivity index (χ0v) is 10.5. The minimum absolute atomic E-state index is 0.0268. The van der Waals surface area contributed by atoms with Gasteiger partial charge in [-0.3, -0.25) is 10.8 Å². The fourth-order valence-corrected chi connectivity index (χ4v) is 3.10. The molecule has 0 aliphatic heterocycles. The highest BCUT2D eigenvalue weighted by atomic mass is 32.1. The molecule has 0 aliphatic carbocycles. The smallest absolute Gasteiger partial charge is 0.0738 e. The van der Waals surface area contributed by atoms with Crippen LogP contribution in [0.3, 0.4) is 0 Å². The first kappa shape index (κ1) is 11.3. The molecule has 2 heterocycles. The third-order valence-electron chi connectivity index (χ3n) is 3.00. The summed E-state index contributed by atoms with van der Waals surface area (Å²) in [5.74, 6) is 5.72. The van der Waals surface area contributed by atoms with Crippen molar-refractivity contribution in [3.8, 4) is 0 Å². The van der Waals surface area contributed by atoms with Crippen molar-refractivity contribution < 1.29 is 0 Å². The molecule has 3 N–H and O–H groups in total. The lowest BCUT2D eigenvalue weighted by Gasteiger charge is -2.17. The van der Waals surface area contributed by atoms with Crippen molar-refractivity contribution in [2.75, 3.05) is 0 Å². The summed E-state index contributed by atoms with van der Waals surface area (Å²) in [5, 5.41) is 3.35. The van der Waals surface area contributed by atoms with Crippen molar-refractivity contribution in [2.24, 2.45) is 5.84 Å². The summed E-state index contributed by atoms with van der Waals surface area (Å²) < 4.78 is 1.27. The van der Waals surface area contributed by atoms with Crippen LogP contribution in [-0.2, 0) is 0 Å². The van der Waals surface area contributed by atoms with Gasteiger partial charge in [0.15, 0.2) is 0 Å². The highest BCUT2D eigenvalue weighted by Gasteiger charge is 2.15. The zero-order valence-electron chi connectivity index (χ0n) is 9.71. The minimum atomic E-state index is -0.0268. The second-order valence-corrected chi connectivity index (χ2v) is 4.99. The summed E-state index contributed by atoms with van der Waals surface area (Å²) >= 11 is 1.74. The van der Waals surface area contributed by atoms with E-state index in [2.05, 4.69) is 40.1 Å². The average molecular weight is 255 g/mol. The molecule has 0 fully saturated rings. The lowest BCUT2D eigenvalue weighted by molar-refractivity contribution is 0.639. The number of benzene rings is 1. The van der Waals surface area contributed by atoms with E-state index in [9.17, 15) is 0 Å². The van der Waals surface area contributed by atoms with Gasteiger partial charge in [-0.05, 0) is 34.0 Å². The summed E-state index contributed by atoms with van der Waals surface area (Å²) in [4.78, 5) is 4.15. The van der Waals surface area contributed by atoms with Crippen LogP contribution in [-0.4, -0.2) is 4.98 Å². The van der Waals surface area contributed by atoms with Crippen molar-refractivity contribution >= 4 is 21.4 Å². The van der Waals surface area contributed by atoms with Gasteiger partial charge in [-0.15, -0.1) is 11.3 Å². The number of aromatic nitrogens is 1. The summed E-state index contributed by atoms with van der Waals surface area (Å²) in [6.45, 7) is 0. The molecule has 0 spiro atoms. The molecular formula is C14H13N3S. The molecule has 0 saturated carbocycles. The van der Waals surface area contributed by atoms with E-state index < -0.39 is 0 Å². The molecule has 18 heavy (non-hydrogen) atoms. The largest absolute Gasteiger partial charge is 0.271 e. The van der Waals surface area contributed by atoms with Crippen molar-refractivity contribution in [1.82, 2.24) is 10.4 Å². The molecule has 0 saturated heterocycles. The number of rotatable bonds is 3. The van der Waals surface area contributed by atoms with E-state index in [0.29, 0.717) is 0 Å². The Labute approximate surface area is 109 Å². The lowest BCUT2D eigenvalue weighted by Crippen LogP contribution is -2.28. The summed E-state index contributed by atoms with van der Waals surface area (Å²) in [7, 11) is 0. The van der Waals surface area contributed by atoms with Crippen LogP contribution < -0.4 is 11.3 Å². The minimum Gasteiger partial charge on any atom is -0.271 e. The Morgan fingerprint density at radius 2 is 2.11 bits per heavy atom. The van der Waals surface area contributed by atoms with Crippen LogP contribution in [0.2, 0.25) is 0 Å². The first-order chi connectivity index (χ1) is 8.90. The highest BCUT2D eigenvalue weighted by molar-refractivity contribution is 7.17. The lowest BCUT2D eigenvalue weighted by atomic mass is 10.00. The van der Waals surface area contributed by atoms with Crippen LogP contribution in [0.5, 0.6) is 0 Å².